The normalized spacial score (nSPS) is 23.8. The Morgan fingerprint density at radius 2 is 2.11 bits per heavy atom. The van der Waals surface area contributed by atoms with E-state index in [4.69, 9.17) is 5.73 Å². The minimum absolute atomic E-state index is 0.504. The molecule has 2 aromatic heterocycles. The Morgan fingerprint density at radius 1 is 1.26 bits per heavy atom. The number of nitrogens with zero attached hydrogens (tertiary/aromatic N) is 4. The summed E-state index contributed by atoms with van der Waals surface area (Å²) in [7, 11) is 0. The molecular formula is C14H19N5. The van der Waals surface area contributed by atoms with Crippen LogP contribution < -0.4 is 10.6 Å². The molecule has 0 aromatic carbocycles. The van der Waals surface area contributed by atoms with Crippen LogP contribution >= 0.6 is 0 Å². The number of fused-ring (bicyclic) bond motifs is 1. The van der Waals surface area contributed by atoms with Gasteiger partial charge >= 0.3 is 0 Å². The summed E-state index contributed by atoms with van der Waals surface area (Å²) >= 11 is 0. The molecule has 0 amide bonds. The van der Waals surface area contributed by atoms with Crippen LogP contribution in [0.4, 0.5) is 5.82 Å². The first-order chi connectivity index (χ1) is 9.28. The third-order valence-corrected chi connectivity index (χ3v) is 3.92. The van der Waals surface area contributed by atoms with E-state index >= 15 is 0 Å². The van der Waals surface area contributed by atoms with Crippen molar-refractivity contribution in [3.8, 4) is 0 Å². The first-order valence-corrected chi connectivity index (χ1v) is 6.82. The van der Waals surface area contributed by atoms with E-state index in [1.54, 1.807) is 12.4 Å². The van der Waals surface area contributed by atoms with E-state index in [9.17, 15) is 0 Å². The van der Waals surface area contributed by atoms with E-state index in [1.165, 1.54) is 12.8 Å². The minimum Gasteiger partial charge on any atom is -0.354 e. The molecule has 0 spiro atoms. The molecule has 2 N–H and O–H groups in total. The lowest BCUT2D eigenvalue weighted by atomic mass is 9.93. The van der Waals surface area contributed by atoms with Crippen LogP contribution in [0.15, 0.2) is 24.5 Å². The van der Waals surface area contributed by atoms with Crippen LogP contribution in [0.25, 0.3) is 11.2 Å². The molecule has 1 saturated heterocycles. The van der Waals surface area contributed by atoms with Crippen LogP contribution in [0.2, 0.25) is 0 Å². The summed E-state index contributed by atoms with van der Waals surface area (Å²) in [5.74, 6) is 1.55. The van der Waals surface area contributed by atoms with Gasteiger partial charge in [-0.15, -0.1) is 0 Å². The van der Waals surface area contributed by atoms with Crippen LogP contribution in [-0.4, -0.2) is 34.1 Å². The smallest absolute Gasteiger partial charge is 0.180 e. The zero-order valence-electron chi connectivity index (χ0n) is 11.2. The van der Waals surface area contributed by atoms with Crippen LogP contribution in [0.1, 0.15) is 19.8 Å². The fraction of sp³-hybridized carbons (Fsp3) is 0.500. The van der Waals surface area contributed by atoms with Gasteiger partial charge in [-0.25, -0.2) is 9.97 Å². The lowest BCUT2D eigenvalue weighted by Gasteiger charge is -2.38. The minimum atomic E-state index is 0.504. The maximum absolute atomic E-state index is 5.81. The predicted octanol–water partition coefficient (Wildman–Crippen LogP) is 1.59. The highest BCUT2D eigenvalue weighted by Crippen LogP contribution is 2.26. The summed E-state index contributed by atoms with van der Waals surface area (Å²) in [4.78, 5) is 15.5. The van der Waals surface area contributed by atoms with Gasteiger partial charge in [0.15, 0.2) is 5.65 Å². The fourth-order valence-electron chi connectivity index (χ4n) is 2.70. The zero-order valence-corrected chi connectivity index (χ0v) is 11.2. The van der Waals surface area contributed by atoms with Gasteiger partial charge in [-0.2, -0.15) is 0 Å². The molecule has 19 heavy (non-hydrogen) atoms. The SMILES string of the molecule is CC1CCC(CN)CN1c1ccc2nccnc2n1. The third kappa shape index (κ3) is 2.38. The van der Waals surface area contributed by atoms with Crippen molar-refractivity contribution in [2.45, 2.75) is 25.8 Å². The Morgan fingerprint density at radius 3 is 2.95 bits per heavy atom. The maximum atomic E-state index is 5.81. The fourth-order valence-corrected chi connectivity index (χ4v) is 2.70. The lowest BCUT2D eigenvalue weighted by Crippen LogP contribution is -2.44. The second-order valence-electron chi connectivity index (χ2n) is 5.25. The molecule has 3 rings (SSSR count). The maximum Gasteiger partial charge on any atom is 0.180 e. The second kappa shape index (κ2) is 5.09. The number of nitrogens with two attached hydrogens (primary N) is 1. The quantitative estimate of drug-likeness (QED) is 0.884. The first kappa shape index (κ1) is 12.3. The van der Waals surface area contributed by atoms with Crippen LogP contribution in [-0.2, 0) is 0 Å². The summed E-state index contributed by atoms with van der Waals surface area (Å²) in [6.45, 7) is 3.97. The van der Waals surface area contributed by atoms with Gasteiger partial charge in [-0.3, -0.25) is 4.98 Å². The van der Waals surface area contributed by atoms with Crippen molar-refractivity contribution in [2.24, 2.45) is 11.7 Å². The Hall–Kier alpha value is -1.75. The summed E-state index contributed by atoms with van der Waals surface area (Å²) in [5.41, 5.74) is 7.36. The summed E-state index contributed by atoms with van der Waals surface area (Å²) in [6, 6.07) is 4.53. The average Bonchev–Trinajstić information content (AvgIpc) is 2.47. The number of pyridine rings is 1. The molecule has 0 aliphatic carbocycles. The molecular weight excluding hydrogens is 238 g/mol. The second-order valence-corrected chi connectivity index (χ2v) is 5.25. The van der Waals surface area contributed by atoms with Crippen molar-refractivity contribution in [1.29, 1.82) is 0 Å². The predicted molar refractivity (Wildman–Crippen MR) is 75.9 cm³/mol. The number of aromatic nitrogens is 3. The van der Waals surface area contributed by atoms with Crippen molar-refractivity contribution in [3.05, 3.63) is 24.5 Å². The number of rotatable bonds is 2. The van der Waals surface area contributed by atoms with Crippen molar-refractivity contribution in [3.63, 3.8) is 0 Å². The van der Waals surface area contributed by atoms with Crippen molar-refractivity contribution in [2.75, 3.05) is 18.0 Å². The van der Waals surface area contributed by atoms with E-state index in [0.29, 0.717) is 17.6 Å². The molecule has 0 radical (unpaired) electrons. The molecule has 5 nitrogen and oxygen atoms in total. The standard InChI is InChI=1S/C14H19N5/c1-10-2-3-11(8-15)9-19(10)13-5-4-12-14(18-13)17-7-6-16-12/h4-7,10-11H,2-3,8-9,15H2,1H3. The van der Waals surface area contributed by atoms with Crippen molar-refractivity contribution >= 4 is 17.0 Å². The highest BCUT2D eigenvalue weighted by atomic mass is 15.2. The molecule has 0 bridgehead atoms. The molecule has 5 heteroatoms. The highest BCUT2D eigenvalue weighted by Gasteiger charge is 2.25. The molecule has 1 fully saturated rings. The molecule has 3 heterocycles. The van der Waals surface area contributed by atoms with Crippen LogP contribution in [0.3, 0.4) is 0 Å². The van der Waals surface area contributed by atoms with Crippen molar-refractivity contribution in [1.82, 2.24) is 15.0 Å². The van der Waals surface area contributed by atoms with Gasteiger partial charge in [-0.1, -0.05) is 0 Å². The van der Waals surface area contributed by atoms with E-state index in [1.807, 2.05) is 12.1 Å². The van der Waals surface area contributed by atoms with Gasteiger partial charge in [0.25, 0.3) is 0 Å². The molecule has 2 unspecified atom stereocenters. The largest absolute Gasteiger partial charge is 0.354 e. The molecule has 2 atom stereocenters. The van der Waals surface area contributed by atoms with Gasteiger partial charge in [0.05, 0.1) is 0 Å². The van der Waals surface area contributed by atoms with Crippen molar-refractivity contribution < 1.29 is 0 Å². The number of piperidine rings is 1. The van der Waals surface area contributed by atoms with Gasteiger partial charge in [0, 0.05) is 25.0 Å². The molecule has 100 valence electrons. The topological polar surface area (TPSA) is 67.9 Å². The molecule has 2 aromatic rings. The third-order valence-electron chi connectivity index (χ3n) is 3.92. The highest BCUT2D eigenvalue weighted by molar-refractivity contribution is 5.71. The van der Waals surface area contributed by atoms with Gasteiger partial charge in [0.1, 0.15) is 11.3 Å². The van der Waals surface area contributed by atoms with Crippen LogP contribution in [0.5, 0.6) is 0 Å². The van der Waals surface area contributed by atoms with E-state index in [0.717, 1.165) is 24.4 Å². The zero-order chi connectivity index (χ0) is 13.2. The number of anilines is 1. The summed E-state index contributed by atoms with van der Waals surface area (Å²) in [5, 5.41) is 0. The monoisotopic (exact) mass is 257 g/mol. The lowest BCUT2D eigenvalue weighted by molar-refractivity contribution is 0.372. The van der Waals surface area contributed by atoms with E-state index < -0.39 is 0 Å². The number of hydrogen-bond donors (Lipinski definition) is 1. The number of hydrogen-bond acceptors (Lipinski definition) is 5. The molecule has 1 aliphatic rings. The Labute approximate surface area is 112 Å². The van der Waals surface area contributed by atoms with Gasteiger partial charge in [-0.05, 0) is 44.4 Å². The summed E-state index contributed by atoms with van der Waals surface area (Å²) < 4.78 is 0. The first-order valence-electron chi connectivity index (χ1n) is 6.82. The summed E-state index contributed by atoms with van der Waals surface area (Å²) in [6.07, 6.45) is 5.75. The average molecular weight is 257 g/mol. The molecule has 1 aliphatic heterocycles. The Kier molecular flexibility index (Phi) is 3.29. The molecule has 0 saturated carbocycles. The van der Waals surface area contributed by atoms with E-state index in [-0.39, 0.29) is 0 Å². The van der Waals surface area contributed by atoms with Crippen LogP contribution in [0, 0.1) is 5.92 Å². The Bertz CT molecular complexity index is 571. The Balaban J connectivity index is 1.93. The van der Waals surface area contributed by atoms with Gasteiger partial charge < -0.3 is 10.6 Å². The van der Waals surface area contributed by atoms with Gasteiger partial charge in [0.2, 0.25) is 0 Å². The van der Waals surface area contributed by atoms with E-state index in [2.05, 4.69) is 26.8 Å².